The van der Waals surface area contributed by atoms with Crippen molar-refractivity contribution in [3.63, 3.8) is 0 Å². The van der Waals surface area contributed by atoms with Crippen molar-refractivity contribution in [3.8, 4) is 0 Å². The molecule has 0 aromatic heterocycles. The van der Waals surface area contributed by atoms with Gasteiger partial charge in [0.2, 0.25) is 0 Å². The molecule has 0 aliphatic heterocycles. The minimum absolute atomic E-state index is 0.423. The van der Waals surface area contributed by atoms with E-state index >= 15 is 0 Å². The van der Waals surface area contributed by atoms with Crippen LogP contribution in [0.25, 0.3) is 6.08 Å². The molecule has 15 heavy (non-hydrogen) atoms. The molecule has 1 aromatic rings. The summed E-state index contributed by atoms with van der Waals surface area (Å²) >= 11 is 3.15. The van der Waals surface area contributed by atoms with E-state index in [1.165, 1.54) is 25.5 Å². The van der Waals surface area contributed by atoms with Gasteiger partial charge in [-0.1, -0.05) is 15.9 Å². The Balaban J connectivity index is 3.11. The first-order valence-electron chi connectivity index (χ1n) is 4.01. The first-order chi connectivity index (χ1) is 6.95. The molecule has 0 N–H and O–H groups in total. The lowest BCUT2D eigenvalue weighted by atomic mass is 10.1. The van der Waals surface area contributed by atoms with Gasteiger partial charge < -0.3 is 4.74 Å². The summed E-state index contributed by atoms with van der Waals surface area (Å²) in [5.74, 6) is 0. The molecule has 82 valence electrons. The quantitative estimate of drug-likeness (QED) is 0.742. The lowest BCUT2D eigenvalue weighted by Gasteiger charge is -2.08. The van der Waals surface area contributed by atoms with Gasteiger partial charge in [-0.2, -0.15) is 13.2 Å². The van der Waals surface area contributed by atoms with Crippen LogP contribution < -0.4 is 0 Å². The number of hydrogen-bond acceptors (Lipinski definition) is 1. The van der Waals surface area contributed by atoms with Crippen LogP contribution in [0.3, 0.4) is 0 Å². The van der Waals surface area contributed by atoms with Gasteiger partial charge in [0.1, 0.15) is 0 Å². The van der Waals surface area contributed by atoms with Crippen LogP contribution in [0.15, 0.2) is 28.9 Å². The van der Waals surface area contributed by atoms with E-state index in [2.05, 4.69) is 20.7 Å². The van der Waals surface area contributed by atoms with E-state index in [0.717, 1.165) is 12.1 Å². The fraction of sp³-hybridized carbons (Fsp3) is 0.200. The third-order valence-electron chi connectivity index (χ3n) is 1.71. The summed E-state index contributed by atoms with van der Waals surface area (Å²) in [6.07, 6.45) is -1.55. The summed E-state index contributed by atoms with van der Waals surface area (Å²) in [7, 11) is 1.43. The summed E-state index contributed by atoms with van der Waals surface area (Å²) in [5, 5.41) is 0. The van der Waals surface area contributed by atoms with Crippen LogP contribution in [-0.2, 0) is 10.9 Å². The minimum Gasteiger partial charge on any atom is -0.504 e. The van der Waals surface area contributed by atoms with Crippen LogP contribution in [-0.4, -0.2) is 7.11 Å². The van der Waals surface area contributed by atoms with E-state index in [4.69, 9.17) is 0 Å². The minimum atomic E-state index is -4.32. The highest BCUT2D eigenvalue weighted by molar-refractivity contribution is 9.10. The molecule has 0 fully saturated rings. The normalized spacial score (nSPS) is 12.1. The molecule has 0 amide bonds. The van der Waals surface area contributed by atoms with E-state index in [1.807, 2.05) is 0 Å². The highest BCUT2D eigenvalue weighted by atomic mass is 79.9. The van der Waals surface area contributed by atoms with Crippen molar-refractivity contribution in [3.05, 3.63) is 40.1 Å². The molecule has 0 aliphatic carbocycles. The van der Waals surface area contributed by atoms with Crippen molar-refractivity contribution in [1.82, 2.24) is 0 Å². The zero-order chi connectivity index (χ0) is 11.5. The van der Waals surface area contributed by atoms with Crippen LogP contribution >= 0.6 is 15.9 Å². The van der Waals surface area contributed by atoms with Crippen molar-refractivity contribution in [1.29, 1.82) is 0 Å². The second-order valence-electron chi connectivity index (χ2n) is 2.77. The summed E-state index contributed by atoms with van der Waals surface area (Å²) < 4.78 is 42.3. The van der Waals surface area contributed by atoms with E-state index in [-0.39, 0.29) is 0 Å². The average Bonchev–Trinajstić information content (AvgIpc) is 2.15. The number of rotatable bonds is 2. The molecule has 0 heterocycles. The van der Waals surface area contributed by atoms with Crippen LogP contribution in [0.2, 0.25) is 0 Å². The first-order valence-corrected chi connectivity index (χ1v) is 4.80. The maximum atomic E-state index is 12.4. The fourth-order valence-corrected chi connectivity index (χ4v) is 1.37. The predicted molar refractivity (Wildman–Crippen MR) is 55.2 cm³/mol. The molecule has 0 saturated carbocycles. The Bertz CT molecular complexity index is 371. The topological polar surface area (TPSA) is 9.23 Å². The highest BCUT2D eigenvalue weighted by Gasteiger charge is 2.30. The Labute approximate surface area is 93.7 Å². The van der Waals surface area contributed by atoms with Crippen LogP contribution in [0, 0.1) is 0 Å². The molecule has 0 saturated heterocycles. The Morgan fingerprint density at radius 2 is 2.00 bits per heavy atom. The number of benzene rings is 1. The van der Waals surface area contributed by atoms with Crippen molar-refractivity contribution >= 4 is 22.0 Å². The maximum Gasteiger partial charge on any atom is 0.416 e. The van der Waals surface area contributed by atoms with E-state index in [0.29, 0.717) is 10.0 Å². The molecule has 1 nitrogen and oxygen atoms in total. The third kappa shape index (κ3) is 3.27. The second-order valence-corrected chi connectivity index (χ2v) is 3.63. The van der Waals surface area contributed by atoms with Gasteiger partial charge >= 0.3 is 6.18 Å². The largest absolute Gasteiger partial charge is 0.504 e. The van der Waals surface area contributed by atoms with Gasteiger partial charge in [-0.3, -0.25) is 0 Å². The van der Waals surface area contributed by atoms with Crippen molar-refractivity contribution < 1.29 is 17.9 Å². The number of methoxy groups -OCH3 is 1. The van der Waals surface area contributed by atoms with Gasteiger partial charge in [-0.15, -0.1) is 0 Å². The molecule has 0 radical (unpaired) electrons. The standard InChI is InChI=1S/C10H8BrF3O/c1-15-5-4-7-6-8(10(12,13)14)2-3-9(7)11/h2-6H,1H3. The monoisotopic (exact) mass is 280 g/mol. The van der Waals surface area contributed by atoms with Gasteiger partial charge in [-0.25, -0.2) is 0 Å². The SMILES string of the molecule is COC=Cc1cc(C(F)(F)F)ccc1Br. The molecule has 0 aliphatic rings. The second kappa shape index (κ2) is 4.70. The molecule has 1 aromatic carbocycles. The molecular weight excluding hydrogens is 273 g/mol. The molecular formula is C10H8BrF3O. The first kappa shape index (κ1) is 12.1. The Morgan fingerprint density at radius 1 is 1.33 bits per heavy atom. The van der Waals surface area contributed by atoms with Crippen LogP contribution in [0.5, 0.6) is 0 Å². The summed E-state index contributed by atoms with van der Waals surface area (Å²) in [6.45, 7) is 0. The molecule has 0 atom stereocenters. The van der Waals surface area contributed by atoms with Gasteiger partial charge in [0.15, 0.2) is 0 Å². The zero-order valence-electron chi connectivity index (χ0n) is 7.81. The molecule has 1 rings (SSSR count). The average molecular weight is 281 g/mol. The Morgan fingerprint density at radius 3 is 2.53 bits per heavy atom. The lowest BCUT2D eigenvalue weighted by molar-refractivity contribution is -0.137. The summed E-state index contributed by atoms with van der Waals surface area (Å²) in [5.41, 5.74) is -0.256. The molecule has 0 unspecified atom stereocenters. The molecule has 0 spiro atoms. The predicted octanol–water partition coefficient (Wildman–Crippen LogP) is 4.09. The maximum absolute atomic E-state index is 12.4. The zero-order valence-corrected chi connectivity index (χ0v) is 9.39. The van der Waals surface area contributed by atoms with Gasteiger partial charge in [0.05, 0.1) is 18.9 Å². The Kier molecular flexibility index (Phi) is 3.79. The third-order valence-corrected chi connectivity index (χ3v) is 2.43. The highest BCUT2D eigenvalue weighted by Crippen LogP contribution is 2.32. The fourth-order valence-electron chi connectivity index (χ4n) is 0.989. The van der Waals surface area contributed by atoms with Crippen LogP contribution in [0.4, 0.5) is 13.2 Å². The number of ether oxygens (including phenoxy) is 1. The van der Waals surface area contributed by atoms with E-state index in [9.17, 15) is 13.2 Å². The van der Waals surface area contributed by atoms with Gasteiger partial charge in [-0.05, 0) is 29.8 Å². The number of halogens is 4. The van der Waals surface area contributed by atoms with Gasteiger partial charge in [0, 0.05) is 4.47 Å². The number of hydrogen-bond donors (Lipinski definition) is 0. The lowest BCUT2D eigenvalue weighted by Crippen LogP contribution is -2.04. The van der Waals surface area contributed by atoms with Crippen LogP contribution in [0.1, 0.15) is 11.1 Å². The Hall–Kier alpha value is -0.970. The van der Waals surface area contributed by atoms with Crippen molar-refractivity contribution in [2.75, 3.05) is 7.11 Å². The smallest absolute Gasteiger partial charge is 0.416 e. The van der Waals surface area contributed by atoms with E-state index < -0.39 is 11.7 Å². The molecule has 0 bridgehead atoms. The number of alkyl halides is 3. The molecule has 5 heteroatoms. The van der Waals surface area contributed by atoms with Crippen molar-refractivity contribution in [2.45, 2.75) is 6.18 Å². The van der Waals surface area contributed by atoms with E-state index in [1.54, 1.807) is 0 Å². The van der Waals surface area contributed by atoms with Gasteiger partial charge in [0.25, 0.3) is 0 Å². The van der Waals surface area contributed by atoms with Crippen molar-refractivity contribution in [2.24, 2.45) is 0 Å². The summed E-state index contributed by atoms with van der Waals surface area (Å²) in [6, 6.07) is 3.44. The summed E-state index contributed by atoms with van der Waals surface area (Å²) in [4.78, 5) is 0.